The van der Waals surface area contributed by atoms with E-state index in [0.717, 1.165) is 19.3 Å². The molecule has 1 amide bonds. The zero-order valence-corrected chi connectivity index (χ0v) is 16.5. The van der Waals surface area contributed by atoms with Gasteiger partial charge in [-0.25, -0.2) is 8.42 Å². The minimum Gasteiger partial charge on any atom is -0.748 e. The van der Waals surface area contributed by atoms with Gasteiger partial charge in [0.1, 0.15) is 0 Å². The topological polar surface area (TPSA) is 100 Å². The number of amides is 1. The molecule has 1 atom stereocenters. The number of primary amides is 1. The molecule has 5 nitrogen and oxygen atoms in total. The van der Waals surface area contributed by atoms with Gasteiger partial charge in [0, 0.05) is 11.7 Å². The predicted molar refractivity (Wildman–Crippen MR) is 76.5 cm³/mol. The van der Waals surface area contributed by atoms with Crippen LogP contribution in [0.3, 0.4) is 0 Å². The first-order valence-electron chi connectivity index (χ1n) is 6.68. The van der Waals surface area contributed by atoms with Crippen molar-refractivity contribution in [2.75, 3.05) is 5.75 Å². The summed E-state index contributed by atoms with van der Waals surface area (Å²) in [6, 6.07) is 0. The molecule has 0 radical (unpaired) electrons. The van der Waals surface area contributed by atoms with Crippen LogP contribution in [-0.2, 0) is 14.9 Å². The Bertz CT molecular complexity index is 355. The molecule has 0 fully saturated rings. The van der Waals surface area contributed by atoms with Gasteiger partial charge in [0.2, 0.25) is 5.91 Å². The van der Waals surface area contributed by atoms with Gasteiger partial charge in [-0.05, 0) is 24.7 Å². The molecule has 0 saturated carbocycles. The zero-order chi connectivity index (χ0) is 15.7. The van der Waals surface area contributed by atoms with E-state index in [2.05, 4.69) is 20.8 Å². The molecule has 0 saturated heterocycles. The normalized spacial score (nSPS) is 12.7. The van der Waals surface area contributed by atoms with Gasteiger partial charge in [-0.15, -0.1) is 0 Å². The van der Waals surface area contributed by atoms with E-state index in [4.69, 9.17) is 5.73 Å². The van der Waals surface area contributed by atoms with Crippen molar-refractivity contribution in [3.8, 4) is 0 Å². The third kappa shape index (κ3) is 18.4. The first kappa shape index (κ1) is 25.3. The minimum absolute atomic E-state index is 0. The van der Waals surface area contributed by atoms with Gasteiger partial charge in [-0.3, -0.25) is 4.79 Å². The third-order valence-corrected chi connectivity index (χ3v) is 4.09. The molecular formula is C13H28NNaO4S. The SMILES string of the molecule is CCC(C)(C)CCCS(=O)(=O)[O-].CCC(C)C(N)=O.[Na+]. The molecule has 0 aromatic rings. The summed E-state index contributed by atoms with van der Waals surface area (Å²) >= 11 is 0. The summed E-state index contributed by atoms with van der Waals surface area (Å²) in [6.07, 6.45) is 3.12. The van der Waals surface area contributed by atoms with E-state index in [0.29, 0.717) is 6.42 Å². The van der Waals surface area contributed by atoms with Crippen LogP contribution in [0, 0.1) is 11.3 Å². The smallest absolute Gasteiger partial charge is 0.748 e. The second-order valence-corrected chi connectivity index (χ2v) is 7.12. The zero-order valence-electron chi connectivity index (χ0n) is 13.7. The molecular weight excluding hydrogens is 289 g/mol. The van der Waals surface area contributed by atoms with Crippen LogP contribution in [0.15, 0.2) is 0 Å². The van der Waals surface area contributed by atoms with Gasteiger partial charge < -0.3 is 10.3 Å². The van der Waals surface area contributed by atoms with Crippen LogP contribution in [-0.4, -0.2) is 24.6 Å². The van der Waals surface area contributed by atoms with Gasteiger partial charge in [0.05, 0.1) is 10.1 Å². The fourth-order valence-corrected chi connectivity index (χ4v) is 1.60. The van der Waals surface area contributed by atoms with Crippen molar-refractivity contribution in [3.63, 3.8) is 0 Å². The average Bonchev–Trinajstić information content (AvgIpc) is 2.26. The molecule has 0 aromatic heterocycles. The number of hydrogen-bond donors (Lipinski definition) is 1. The van der Waals surface area contributed by atoms with Crippen molar-refractivity contribution in [1.29, 1.82) is 0 Å². The Balaban J connectivity index is -0.000000312. The van der Waals surface area contributed by atoms with E-state index < -0.39 is 10.1 Å². The molecule has 0 rings (SSSR count). The standard InChI is InChI=1S/C8H18O3S.C5H11NO.Na/c1-4-8(2,3)6-5-7-12(9,10)11;1-3-4(2)5(6)7;/h4-7H2,1-3H3,(H,9,10,11);4H,3H2,1-2H3,(H2,6,7);/q;;+1/p-1. The fraction of sp³-hybridized carbons (Fsp3) is 0.923. The molecule has 0 aliphatic carbocycles. The molecule has 0 heterocycles. The summed E-state index contributed by atoms with van der Waals surface area (Å²) < 4.78 is 30.7. The van der Waals surface area contributed by atoms with Crippen LogP contribution < -0.4 is 35.3 Å². The number of carbonyl (C=O) groups is 1. The monoisotopic (exact) mass is 317 g/mol. The summed E-state index contributed by atoms with van der Waals surface area (Å²) in [5.41, 5.74) is 5.06. The van der Waals surface area contributed by atoms with E-state index in [1.807, 2.05) is 13.8 Å². The van der Waals surface area contributed by atoms with Crippen molar-refractivity contribution in [1.82, 2.24) is 0 Å². The summed E-state index contributed by atoms with van der Waals surface area (Å²) in [5, 5.41) is 0. The van der Waals surface area contributed by atoms with Gasteiger partial charge in [-0.2, -0.15) is 0 Å². The molecule has 0 aliphatic rings. The maximum atomic E-state index is 10.2. The summed E-state index contributed by atoms with van der Waals surface area (Å²) in [7, 11) is -4.00. The first-order chi connectivity index (χ1) is 8.45. The summed E-state index contributed by atoms with van der Waals surface area (Å²) in [4.78, 5) is 10.2. The van der Waals surface area contributed by atoms with Gasteiger partial charge in [0.25, 0.3) is 0 Å². The Morgan fingerprint density at radius 1 is 1.30 bits per heavy atom. The number of carbonyl (C=O) groups excluding carboxylic acids is 1. The largest absolute Gasteiger partial charge is 1.00 e. The van der Waals surface area contributed by atoms with Crippen molar-refractivity contribution < 1.29 is 47.3 Å². The molecule has 1 unspecified atom stereocenters. The quantitative estimate of drug-likeness (QED) is 0.494. The van der Waals surface area contributed by atoms with E-state index in [-0.39, 0.29) is 52.6 Å². The number of hydrogen-bond acceptors (Lipinski definition) is 4. The Morgan fingerprint density at radius 2 is 1.75 bits per heavy atom. The second-order valence-electron chi connectivity index (χ2n) is 5.59. The average molecular weight is 317 g/mol. The number of nitrogens with two attached hydrogens (primary N) is 1. The van der Waals surface area contributed by atoms with Gasteiger partial charge in [-0.1, -0.05) is 41.0 Å². The van der Waals surface area contributed by atoms with Crippen molar-refractivity contribution in [3.05, 3.63) is 0 Å². The van der Waals surface area contributed by atoms with Crippen LogP contribution in [0.1, 0.15) is 60.3 Å². The summed E-state index contributed by atoms with van der Waals surface area (Å²) in [6.45, 7) is 9.97. The molecule has 0 bridgehead atoms. The predicted octanol–water partition coefficient (Wildman–Crippen LogP) is -0.730. The molecule has 20 heavy (non-hydrogen) atoms. The van der Waals surface area contributed by atoms with E-state index in [1.54, 1.807) is 0 Å². The van der Waals surface area contributed by atoms with Gasteiger partial charge in [0.15, 0.2) is 0 Å². The van der Waals surface area contributed by atoms with Crippen LogP contribution in [0.25, 0.3) is 0 Å². The molecule has 0 aliphatic heterocycles. The Morgan fingerprint density at radius 3 is 1.95 bits per heavy atom. The molecule has 7 heteroatoms. The molecule has 0 spiro atoms. The third-order valence-electron chi connectivity index (χ3n) is 3.30. The van der Waals surface area contributed by atoms with Crippen LogP contribution in [0.4, 0.5) is 0 Å². The van der Waals surface area contributed by atoms with E-state index in [9.17, 15) is 17.8 Å². The van der Waals surface area contributed by atoms with Gasteiger partial charge >= 0.3 is 29.6 Å². The Hall–Kier alpha value is 0.380. The van der Waals surface area contributed by atoms with Crippen molar-refractivity contribution in [2.24, 2.45) is 17.1 Å². The molecule has 0 aromatic carbocycles. The second kappa shape index (κ2) is 12.0. The minimum atomic E-state index is -4.00. The van der Waals surface area contributed by atoms with Crippen molar-refractivity contribution >= 4 is 16.0 Å². The molecule has 2 N–H and O–H groups in total. The molecule has 116 valence electrons. The van der Waals surface area contributed by atoms with Crippen LogP contribution in [0.2, 0.25) is 0 Å². The fourth-order valence-electron chi connectivity index (χ4n) is 1.11. The van der Waals surface area contributed by atoms with Crippen LogP contribution >= 0.6 is 0 Å². The van der Waals surface area contributed by atoms with E-state index >= 15 is 0 Å². The number of rotatable bonds is 7. The Labute approximate surface area is 146 Å². The van der Waals surface area contributed by atoms with Crippen LogP contribution in [0.5, 0.6) is 0 Å². The maximum absolute atomic E-state index is 10.2. The first-order valence-corrected chi connectivity index (χ1v) is 8.25. The maximum Gasteiger partial charge on any atom is 1.00 e. The van der Waals surface area contributed by atoms with Crippen molar-refractivity contribution in [2.45, 2.75) is 60.3 Å². The summed E-state index contributed by atoms with van der Waals surface area (Å²) in [5.74, 6) is -0.390. The Kier molecular flexibility index (Phi) is 15.2. The van der Waals surface area contributed by atoms with E-state index in [1.165, 1.54) is 0 Å².